The molecule has 1 saturated carbocycles. The van der Waals surface area contributed by atoms with E-state index in [0.717, 1.165) is 24.2 Å². The Morgan fingerprint density at radius 2 is 1.79 bits per heavy atom. The first-order valence-electron chi connectivity index (χ1n) is 10.2. The molecule has 29 heavy (non-hydrogen) atoms. The van der Waals surface area contributed by atoms with Gasteiger partial charge in [0.1, 0.15) is 0 Å². The summed E-state index contributed by atoms with van der Waals surface area (Å²) >= 11 is 0. The van der Waals surface area contributed by atoms with Crippen LogP contribution in [-0.2, 0) is 10.5 Å². The van der Waals surface area contributed by atoms with Gasteiger partial charge < -0.3 is 15.7 Å². The van der Waals surface area contributed by atoms with Crippen LogP contribution in [0.1, 0.15) is 38.7 Å². The average Bonchev–Trinajstić information content (AvgIpc) is 2.72. The minimum atomic E-state index is -2.14. The summed E-state index contributed by atoms with van der Waals surface area (Å²) < 4.78 is 0. The molecule has 3 N–H and O–H groups in total. The molecule has 2 aromatic rings. The van der Waals surface area contributed by atoms with Gasteiger partial charge in [-0.1, -0.05) is 63.1 Å². The molecular weight excluding hydrogens is 366 g/mol. The highest BCUT2D eigenvalue weighted by Crippen LogP contribution is 2.40. The van der Waals surface area contributed by atoms with Gasteiger partial charge in [-0.3, -0.25) is 9.69 Å². The number of hydrogen-bond donors (Lipinski definition) is 3. The average molecular weight is 393 g/mol. The van der Waals surface area contributed by atoms with E-state index in [1.165, 1.54) is 0 Å². The van der Waals surface area contributed by atoms with E-state index in [0.29, 0.717) is 28.8 Å². The lowest BCUT2D eigenvalue weighted by atomic mass is 9.78. The summed E-state index contributed by atoms with van der Waals surface area (Å²) in [7, 11) is 0. The number of nitrogens with zero attached hydrogens (tertiary/aromatic N) is 1. The largest absolute Gasteiger partial charge is 0.359 e. The van der Waals surface area contributed by atoms with E-state index in [9.17, 15) is 14.7 Å². The number of nitrogens with one attached hydrogen (secondary N) is 2. The lowest BCUT2D eigenvalue weighted by Gasteiger charge is -2.44. The molecule has 0 unspecified atom stereocenters. The first kappa shape index (κ1) is 19.5. The van der Waals surface area contributed by atoms with Crippen LogP contribution in [0.4, 0.5) is 16.2 Å². The van der Waals surface area contributed by atoms with Crippen molar-refractivity contribution in [2.24, 2.45) is 11.8 Å². The summed E-state index contributed by atoms with van der Waals surface area (Å²) in [5.74, 6) is 0.222. The Balaban J connectivity index is 1.77. The molecule has 3 amide bonds. The van der Waals surface area contributed by atoms with E-state index in [-0.39, 0.29) is 6.04 Å². The van der Waals surface area contributed by atoms with Gasteiger partial charge in [-0.25, -0.2) is 4.79 Å². The fourth-order valence-corrected chi connectivity index (χ4v) is 4.49. The van der Waals surface area contributed by atoms with E-state index in [2.05, 4.69) is 24.5 Å². The van der Waals surface area contributed by atoms with Crippen LogP contribution < -0.4 is 15.5 Å². The normalized spacial score (nSPS) is 29.0. The smallest absolute Gasteiger partial charge is 0.329 e. The number of rotatable bonds is 3. The minimum absolute atomic E-state index is 0.0370. The number of carbonyl (C=O) groups excluding carboxylic acids is 2. The maximum Gasteiger partial charge on any atom is 0.329 e. The fourth-order valence-electron chi connectivity index (χ4n) is 4.49. The molecular formula is C23H27N3O3. The standard InChI is InChI=1S/C23H27N3O3/c1-15-9-8-14-19(16(15)2)24-21(27)23(29)18-12-6-7-13-20(18)25-22(28)26(23)17-10-4-3-5-11-17/h3-7,10-13,15-16,19,29H,8-9,14H2,1-2H3,(H,24,27)(H,25,28)/t15-,16-,19-,23-/m1/s1. The third-order valence-corrected chi connectivity index (χ3v) is 6.43. The number of para-hydroxylation sites is 2. The van der Waals surface area contributed by atoms with Gasteiger partial charge >= 0.3 is 6.03 Å². The second-order valence-electron chi connectivity index (χ2n) is 8.17. The highest BCUT2D eigenvalue weighted by molar-refractivity contribution is 6.11. The predicted octanol–water partition coefficient (Wildman–Crippen LogP) is 3.82. The van der Waals surface area contributed by atoms with Gasteiger partial charge in [-0.05, 0) is 36.5 Å². The van der Waals surface area contributed by atoms with Gasteiger partial charge in [0, 0.05) is 17.3 Å². The van der Waals surface area contributed by atoms with E-state index in [4.69, 9.17) is 0 Å². The molecule has 0 spiro atoms. The monoisotopic (exact) mass is 393 g/mol. The van der Waals surface area contributed by atoms with Gasteiger partial charge in [-0.2, -0.15) is 0 Å². The number of hydrogen-bond acceptors (Lipinski definition) is 3. The Labute approximate surface area is 170 Å². The number of carbonyl (C=O) groups is 2. The molecule has 4 rings (SSSR count). The molecule has 0 saturated heterocycles. The molecule has 0 aromatic heterocycles. The van der Waals surface area contributed by atoms with Gasteiger partial charge in [0.15, 0.2) is 0 Å². The van der Waals surface area contributed by atoms with Gasteiger partial charge in [0.05, 0.1) is 5.69 Å². The van der Waals surface area contributed by atoms with Gasteiger partial charge in [-0.15, -0.1) is 0 Å². The molecule has 6 nitrogen and oxygen atoms in total. The number of anilines is 2. The van der Waals surface area contributed by atoms with Crippen molar-refractivity contribution >= 4 is 23.3 Å². The van der Waals surface area contributed by atoms with Crippen LogP contribution in [0.2, 0.25) is 0 Å². The highest BCUT2D eigenvalue weighted by Gasteiger charge is 2.52. The summed E-state index contributed by atoms with van der Waals surface area (Å²) in [6, 6.07) is 15.1. The Hall–Kier alpha value is -2.86. The van der Waals surface area contributed by atoms with Crippen molar-refractivity contribution in [3.05, 3.63) is 60.2 Å². The van der Waals surface area contributed by atoms with Crippen LogP contribution in [0.5, 0.6) is 0 Å². The van der Waals surface area contributed by atoms with E-state index >= 15 is 0 Å². The Morgan fingerprint density at radius 1 is 1.10 bits per heavy atom. The Kier molecular flexibility index (Phi) is 5.04. The van der Waals surface area contributed by atoms with Crippen LogP contribution in [-0.4, -0.2) is 23.1 Å². The first-order valence-corrected chi connectivity index (χ1v) is 10.2. The van der Waals surface area contributed by atoms with Gasteiger partial charge in [0.25, 0.3) is 11.6 Å². The number of amides is 3. The number of aliphatic hydroxyl groups is 1. The third kappa shape index (κ3) is 3.27. The van der Waals surface area contributed by atoms with Crippen LogP contribution >= 0.6 is 0 Å². The van der Waals surface area contributed by atoms with Crippen LogP contribution in [0, 0.1) is 11.8 Å². The third-order valence-electron chi connectivity index (χ3n) is 6.43. The number of urea groups is 1. The van der Waals surface area contributed by atoms with Crippen LogP contribution in [0.3, 0.4) is 0 Å². The zero-order valence-corrected chi connectivity index (χ0v) is 16.8. The van der Waals surface area contributed by atoms with Crippen molar-refractivity contribution in [2.45, 2.75) is 44.9 Å². The molecule has 2 aliphatic rings. The highest BCUT2D eigenvalue weighted by atomic mass is 16.3. The molecule has 1 aliphatic heterocycles. The summed E-state index contributed by atoms with van der Waals surface area (Å²) in [5.41, 5.74) is -0.896. The molecule has 152 valence electrons. The zero-order valence-electron chi connectivity index (χ0n) is 16.8. The molecule has 1 aliphatic carbocycles. The summed E-state index contributed by atoms with van der Waals surface area (Å²) in [5, 5.41) is 17.7. The van der Waals surface area contributed by atoms with E-state index in [1.807, 2.05) is 6.07 Å². The molecule has 2 aromatic carbocycles. The molecule has 4 atom stereocenters. The van der Waals surface area contributed by atoms with Crippen LogP contribution in [0.25, 0.3) is 0 Å². The molecule has 6 heteroatoms. The van der Waals surface area contributed by atoms with Crippen LogP contribution in [0.15, 0.2) is 54.6 Å². The SMILES string of the molecule is C[C@@H]1[C@H](C)CCC[C@H]1NC(=O)[C@]1(O)c2ccccc2NC(=O)N1c1ccccc1. The van der Waals surface area contributed by atoms with Crippen molar-refractivity contribution in [1.29, 1.82) is 0 Å². The van der Waals surface area contributed by atoms with E-state index < -0.39 is 17.7 Å². The summed E-state index contributed by atoms with van der Waals surface area (Å²) in [6.07, 6.45) is 3.04. The van der Waals surface area contributed by atoms with E-state index in [1.54, 1.807) is 48.5 Å². The Bertz CT molecular complexity index is 917. The second-order valence-corrected chi connectivity index (χ2v) is 8.17. The fraction of sp³-hybridized carbons (Fsp3) is 0.391. The van der Waals surface area contributed by atoms with Gasteiger partial charge in [0.2, 0.25) is 0 Å². The first-order chi connectivity index (χ1) is 13.9. The molecule has 0 bridgehead atoms. The van der Waals surface area contributed by atoms with Crippen molar-refractivity contribution in [2.75, 3.05) is 10.2 Å². The predicted molar refractivity (Wildman–Crippen MR) is 112 cm³/mol. The van der Waals surface area contributed by atoms with Crippen molar-refractivity contribution in [1.82, 2.24) is 5.32 Å². The lowest BCUT2D eigenvalue weighted by Crippen LogP contribution is -2.64. The maximum absolute atomic E-state index is 13.5. The lowest BCUT2D eigenvalue weighted by molar-refractivity contribution is -0.141. The zero-order chi connectivity index (χ0) is 20.6. The van der Waals surface area contributed by atoms with Crippen molar-refractivity contribution in [3.63, 3.8) is 0 Å². The summed E-state index contributed by atoms with van der Waals surface area (Å²) in [6.45, 7) is 4.33. The topological polar surface area (TPSA) is 81.7 Å². The number of benzene rings is 2. The molecule has 1 heterocycles. The molecule has 0 radical (unpaired) electrons. The maximum atomic E-state index is 13.5. The summed E-state index contributed by atoms with van der Waals surface area (Å²) in [4.78, 5) is 27.7. The Morgan fingerprint density at radius 3 is 2.55 bits per heavy atom. The van der Waals surface area contributed by atoms with Crippen molar-refractivity contribution in [3.8, 4) is 0 Å². The molecule has 1 fully saturated rings. The second kappa shape index (κ2) is 7.52. The number of fused-ring (bicyclic) bond motifs is 1. The quantitative estimate of drug-likeness (QED) is 0.741. The minimum Gasteiger partial charge on any atom is -0.359 e. The van der Waals surface area contributed by atoms with Crippen molar-refractivity contribution < 1.29 is 14.7 Å².